The lowest BCUT2D eigenvalue weighted by atomic mass is 9.82. The van der Waals surface area contributed by atoms with Crippen LogP contribution in [0, 0.1) is 11.2 Å². The molecule has 1 N–H and O–H groups in total. The van der Waals surface area contributed by atoms with E-state index >= 15 is 0 Å². The maximum Gasteiger partial charge on any atom is 0.295 e. The topological polar surface area (TPSA) is 85.6 Å². The summed E-state index contributed by atoms with van der Waals surface area (Å²) in [6, 6.07) is 11.8. The third-order valence-electron chi connectivity index (χ3n) is 6.90. The Morgan fingerprint density at radius 2 is 1.80 bits per heavy atom. The number of nitrogens with one attached hydrogen (secondary N) is 1. The summed E-state index contributed by atoms with van der Waals surface area (Å²) >= 11 is 5.93. The van der Waals surface area contributed by atoms with Gasteiger partial charge >= 0.3 is 0 Å². The lowest BCUT2D eigenvalue weighted by Crippen LogP contribution is -2.27. The highest BCUT2D eigenvalue weighted by molar-refractivity contribution is 6.31. The molecule has 41 heavy (non-hydrogen) atoms. The molecule has 0 bridgehead atoms. The molecule has 10 heteroatoms. The summed E-state index contributed by atoms with van der Waals surface area (Å²) in [5, 5.41) is 2.75. The van der Waals surface area contributed by atoms with E-state index < -0.39 is 11.2 Å². The number of halogens is 2. The largest absolute Gasteiger partial charge is 0.493 e. The maximum absolute atomic E-state index is 13.9. The van der Waals surface area contributed by atoms with Gasteiger partial charge in [0.1, 0.15) is 17.3 Å². The van der Waals surface area contributed by atoms with E-state index in [4.69, 9.17) is 16.3 Å². The highest BCUT2D eigenvalue weighted by Gasteiger charge is 2.27. The van der Waals surface area contributed by atoms with Crippen molar-refractivity contribution in [2.24, 2.45) is 5.41 Å². The predicted octanol–water partition coefficient (Wildman–Crippen LogP) is 5.97. The number of hydrogen-bond acceptors (Lipinski definition) is 5. The number of hydrogen-bond donors (Lipinski definition) is 1. The van der Waals surface area contributed by atoms with Crippen molar-refractivity contribution >= 4 is 29.0 Å². The van der Waals surface area contributed by atoms with Gasteiger partial charge in [-0.1, -0.05) is 43.6 Å². The van der Waals surface area contributed by atoms with Crippen molar-refractivity contribution in [2.45, 2.75) is 59.9 Å². The van der Waals surface area contributed by atoms with Crippen LogP contribution >= 0.6 is 11.6 Å². The second kappa shape index (κ2) is 14.0. The first-order valence-electron chi connectivity index (χ1n) is 13.9. The summed E-state index contributed by atoms with van der Waals surface area (Å²) in [4.78, 5) is 42.0. The van der Waals surface area contributed by atoms with Crippen molar-refractivity contribution in [3.8, 4) is 11.4 Å². The number of para-hydroxylation sites is 1. The van der Waals surface area contributed by atoms with Crippen LogP contribution in [0.2, 0.25) is 5.02 Å². The Bertz CT molecular complexity index is 1430. The average molecular weight is 587 g/mol. The number of nitrogens with zero attached hydrogens (tertiary/aromatic N) is 3. The van der Waals surface area contributed by atoms with Crippen LogP contribution in [0.1, 0.15) is 63.0 Å². The highest BCUT2D eigenvalue weighted by Crippen LogP contribution is 2.32. The van der Waals surface area contributed by atoms with Gasteiger partial charge < -0.3 is 15.0 Å². The van der Waals surface area contributed by atoms with Gasteiger partial charge in [-0.05, 0) is 58.0 Å². The average Bonchev–Trinajstić information content (AvgIpc) is 3.18. The van der Waals surface area contributed by atoms with Gasteiger partial charge in [-0.2, -0.15) is 0 Å². The van der Waals surface area contributed by atoms with Crippen LogP contribution in [0.3, 0.4) is 0 Å². The molecule has 0 atom stereocenters. The smallest absolute Gasteiger partial charge is 0.295 e. The molecular formula is C31H40ClFN4O4. The Morgan fingerprint density at radius 1 is 1.12 bits per heavy atom. The van der Waals surface area contributed by atoms with Gasteiger partial charge in [0.25, 0.3) is 5.56 Å². The van der Waals surface area contributed by atoms with E-state index in [1.165, 1.54) is 6.07 Å². The molecule has 2 aromatic carbocycles. The molecule has 0 aliphatic carbocycles. The quantitative estimate of drug-likeness (QED) is 0.235. The summed E-state index contributed by atoms with van der Waals surface area (Å²) in [7, 11) is 3.92. The third kappa shape index (κ3) is 8.07. The van der Waals surface area contributed by atoms with Crippen LogP contribution in [0.4, 0.5) is 10.1 Å². The van der Waals surface area contributed by atoms with E-state index in [0.29, 0.717) is 25.9 Å². The first-order chi connectivity index (χ1) is 19.4. The minimum atomic E-state index is -0.656. The number of rotatable bonds is 14. The zero-order valence-corrected chi connectivity index (χ0v) is 25.5. The SMILES string of the molecule is CCOc1cc(F)c(Cl)cc1C(=O)CCC(C)(C)CC(=O)Nc1c(CCN(C)C)n(CC)n(-c2ccccc2)c1=O. The molecule has 0 radical (unpaired) electrons. The lowest BCUT2D eigenvalue weighted by molar-refractivity contribution is -0.118. The number of carbonyl (C=O) groups is 2. The van der Waals surface area contributed by atoms with Gasteiger partial charge in [-0.15, -0.1) is 0 Å². The lowest BCUT2D eigenvalue weighted by Gasteiger charge is -2.24. The predicted molar refractivity (Wildman–Crippen MR) is 161 cm³/mol. The molecule has 3 aromatic rings. The molecule has 0 aliphatic heterocycles. The van der Waals surface area contributed by atoms with E-state index in [-0.39, 0.29) is 58.7 Å². The Labute approximate surface area is 246 Å². The number of ether oxygens (including phenoxy) is 1. The van der Waals surface area contributed by atoms with E-state index in [1.807, 2.05) is 74.8 Å². The fourth-order valence-electron chi connectivity index (χ4n) is 4.77. The molecule has 3 rings (SSSR count). The first kappa shape index (κ1) is 32.1. The Balaban J connectivity index is 1.80. The molecule has 0 spiro atoms. The van der Waals surface area contributed by atoms with E-state index in [2.05, 4.69) is 5.32 Å². The van der Waals surface area contributed by atoms with Gasteiger partial charge in [0.05, 0.1) is 28.6 Å². The normalized spacial score (nSPS) is 11.6. The van der Waals surface area contributed by atoms with Crippen molar-refractivity contribution in [1.29, 1.82) is 0 Å². The van der Waals surface area contributed by atoms with Crippen LogP contribution < -0.4 is 15.6 Å². The zero-order chi connectivity index (χ0) is 30.3. The van der Waals surface area contributed by atoms with Gasteiger partial charge in [-0.3, -0.25) is 19.1 Å². The van der Waals surface area contributed by atoms with Crippen molar-refractivity contribution in [3.63, 3.8) is 0 Å². The summed E-state index contributed by atoms with van der Waals surface area (Å²) in [5.41, 5.74) is 1.11. The fraction of sp³-hybridized carbons (Fsp3) is 0.452. The van der Waals surface area contributed by atoms with Crippen LogP contribution in [0.15, 0.2) is 47.3 Å². The van der Waals surface area contributed by atoms with Crippen LogP contribution in [-0.2, 0) is 17.8 Å². The number of Topliss-reactive ketones (excluding diaryl/α,β-unsaturated/α-hetero) is 1. The third-order valence-corrected chi connectivity index (χ3v) is 7.19. The molecule has 0 unspecified atom stereocenters. The van der Waals surface area contributed by atoms with Crippen molar-refractivity contribution in [3.05, 3.63) is 74.9 Å². The van der Waals surface area contributed by atoms with Gasteiger partial charge in [0, 0.05) is 38.4 Å². The molecule has 1 aromatic heterocycles. The molecule has 0 aliphatic rings. The Hall–Kier alpha value is -3.43. The first-order valence-corrected chi connectivity index (χ1v) is 14.3. The van der Waals surface area contributed by atoms with Gasteiger partial charge in [0.2, 0.25) is 5.91 Å². The van der Waals surface area contributed by atoms with Crippen LogP contribution in [0.5, 0.6) is 5.75 Å². The van der Waals surface area contributed by atoms with E-state index in [1.54, 1.807) is 11.6 Å². The summed E-state index contributed by atoms with van der Waals surface area (Å²) in [5.74, 6) is -1.06. The van der Waals surface area contributed by atoms with Crippen molar-refractivity contribution in [1.82, 2.24) is 14.3 Å². The summed E-state index contributed by atoms with van der Waals surface area (Å²) in [6.45, 7) is 9.03. The second-order valence-corrected chi connectivity index (χ2v) is 11.5. The van der Waals surface area contributed by atoms with Gasteiger partial charge in [-0.25, -0.2) is 9.07 Å². The molecule has 0 saturated carbocycles. The number of benzene rings is 2. The number of likely N-dealkylation sites (N-methyl/N-ethyl adjacent to an activating group) is 1. The van der Waals surface area contributed by atoms with Gasteiger partial charge in [0.15, 0.2) is 5.78 Å². The summed E-state index contributed by atoms with van der Waals surface area (Å²) < 4.78 is 22.9. The molecule has 0 saturated heterocycles. The molecule has 1 heterocycles. The van der Waals surface area contributed by atoms with Crippen LogP contribution in [-0.4, -0.2) is 53.2 Å². The maximum atomic E-state index is 13.9. The van der Waals surface area contributed by atoms with E-state index in [0.717, 1.165) is 17.4 Å². The minimum absolute atomic E-state index is 0.0952. The number of aromatic nitrogens is 2. The van der Waals surface area contributed by atoms with Crippen LogP contribution in [0.25, 0.3) is 5.69 Å². The zero-order valence-electron chi connectivity index (χ0n) is 24.7. The fourth-order valence-corrected chi connectivity index (χ4v) is 4.93. The highest BCUT2D eigenvalue weighted by atomic mass is 35.5. The Kier molecular flexibility index (Phi) is 10.9. The summed E-state index contributed by atoms with van der Waals surface area (Å²) in [6.07, 6.45) is 1.17. The molecule has 222 valence electrons. The van der Waals surface area contributed by atoms with Crippen molar-refractivity contribution in [2.75, 3.05) is 32.6 Å². The van der Waals surface area contributed by atoms with E-state index in [9.17, 15) is 18.8 Å². The minimum Gasteiger partial charge on any atom is -0.493 e. The standard InChI is InChI=1S/C31H40ClFN4O4/c1-7-36-25(15-17-35(5)6)29(30(40)37(36)21-12-10-9-11-13-21)34-28(39)20-31(3,4)16-14-26(38)22-18-23(32)24(33)19-27(22)41-8-2/h9-13,18-19H,7-8,14-17,20H2,1-6H3,(H,34,39). The number of amides is 1. The molecule has 8 nitrogen and oxygen atoms in total. The molecular weight excluding hydrogens is 547 g/mol. The number of anilines is 1. The number of carbonyl (C=O) groups excluding carboxylic acids is 2. The Morgan fingerprint density at radius 3 is 2.41 bits per heavy atom. The second-order valence-electron chi connectivity index (χ2n) is 11.1. The van der Waals surface area contributed by atoms with Crippen molar-refractivity contribution < 1.29 is 18.7 Å². The molecule has 1 amide bonds. The monoisotopic (exact) mass is 586 g/mol. The molecule has 0 fully saturated rings. The number of ketones is 1.